The molecule has 2 saturated heterocycles. The molecular formula is C12H13BrN4O2. The summed E-state index contributed by atoms with van der Waals surface area (Å²) in [6.45, 7) is 1.46. The summed E-state index contributed by atoms with van der Waals surface area (Å²) in [4.78, 5) is 29.8. The van der Waals surface area contributed by atoms with E-state index in [1.54, 1.807) is 12.3 Å². The standard InChI is InChI=1S/C12H13BrN4O2/c13-8-1-2-9(15-5-8)6-17-10(18)12(16-11(17)19)3-4-14-7-12/h1-2,5,14H,3-4,6-7H2,(H,16,19). The van der Waals surface area contributed by atoms with Crippen molar-refractivity contribution in [3.8, 4) is 0 Å². The maximum Gasteiger partial charge on any atom is 0.325 e. The number of aromatic nitrogens is 1. The van der Waals surface area contributed by atoms with Crippen molar-refractivity contribution < 1.29 is 9.59 Å². The van der Waals surface area contributed by atoms with Crippen LogP contribution >= 0.6 is 15.9 Å². The topological polar surface area (TPSA) is 74.3 Å². The van der Waals surface area contributed by atoms with Crippen LogP contribution in [0.25, 0.3) is 0 Å². The SMILES string of the molecule is O=C1NC2(CCNC2)C(=O)N1Cc1ccc(Br)cn1. The number of nitrogens with zero attached hydrogens (tertiary/aromatic N) is 2. The highest BCUT2D eigenvalue weighted by atomic mass is 79.9. The molecule has 3 amide bonds. The van der Waals surface area contributed by atoms with Crippen LogP contribution in [0, 0.1) is 0 Å². The number of urea groups is 1. The Morgan fingerprint density at radius 2 is 2.26 bits per heavy atom. The second kappa shape index (κ2) is 4.57. The third-order valence-electron chi connectivity index (χ3n) is 3.51. The van der Waals surface area contributed by atoms with Crippen LogP contribution in [-0.4, -0.2) is 40.5 Å². The molecule has 1 atom stereocenters. The number of pyridine rings is 1. The molecule has 0 aliphatic carbocycles. The van der Waals surface area contributed by atoms with Gasteiger partial charge in [0.2, 0.25) is 0 Å². The predicted octanol–water partition coefficient (Wildman–Crippen LogP) is 0.628. The lowest BCUT2D eigenvalue weighted by atomic mass is 9.99. The first-order valence-corrected chi connectivity index (χ1v) is 6.85. The number of amides is 3. The highest BCUT2D eigenvalue weighted by Gasteiger charge is 2.52. The van der Waals surface area contributed by atoms with Crippen LogP contribution in [0.1, 0.15) is 12.1 Å². The minimum Gasteiger partial charge on any atom is -0.322 e. The van der Waals surface area contributed by atoms with Gasteiger partial charge in [0.25, 0.3) is 5.91 Å². The zero-order chi connectivity index (χ0) is 13.5. The Hall–Kier alpha value is -1.47. The molecule has 1 aromatic heterocycles. The average molecular weight is 325 g/mol. The fourth-order valence-corrected chi connectivity index (χ4v) is 2.70. The van der Waals surface area contributed by atoms with Gasteiger partial charge in [-0.25, -0.2) is 4.79 Å². The number of carbonyl (C=O) groups excluding carboxylic acids is 2. The van der Waals surface area contributed by atoms with Gasteiger partial charge >= 0.3 is 6.03 Å². The van der Waals surface area contributed by atoms with Crippen molar-refractivity contribution >= 4 is 27.9 Å². The molecule has 6 nitrogen and oxygen atoms in total. The van der Waals surface area contributed by atoms with E-state index < -0.39 is 5.54 Å². The van der Waals surface area contributed by atoms with Crippen LogP contribution in [0.2, 0.25) is 0 Å². The van der Waals surface area contributed by atoms with Crippen molar-refractivity contribution in [2.24, 2.45) is 0 Å². The van der Waals surface area contributed by atoms with Crippen LogP contribution in [0.3, 0.4) is 0 Å². The molecule has 100 valence electrons. The van der Waals surface area contributed by atoms with E-state index in [-0.39, 0.29) is 18.5 Å². The summed E-state index contributed by atoms with van der Waals surface area (Å²) in [5.41, 5.74) is -0.0541. The number of rotatable bonds is 2. The van der Waals surface area contributed by atoms with Gasteiger partial charge in [-0.1, -0.05) is 0 Å². The molecule has 1 aromatic rings. The molecule has 0 bridgehead atoms. The van der Waals surface area contributed by atoms with Crippen molar-refractivity contribution in [1.29, 1.82) is 0 Å². The molecule has 0 radical (unpaired) electrons. The number of imide groups is 1. The van der Waals surface area contributed by atoms with Crippen molar-refractivity contribution in [1.82, 2.24) is 20.5 Å². The van der Waals surface area contributed by atoms with E-state index in [2.05, 4.69) is 31.5 Å². The molecule has 1 unspecified atom stereocenters. The summed E-state index contributed by atoms with van der Waals surface area (Å²) in [5, 5.41) is 5.91. The number of halogens is 1. The zero-order valence-electron chi connectivity index (χ0n) is 10.1. The molecule has 2 N–H and O–H groups in total. The van der Waals surface area contributed by atoms with E-state index in [1.165, 1.54) is 4.90 Å². The number of carbonyl (C=O) groups is 2. The van der Waals surface area contributed by atoms with E-state index in [1.807, 2.05) is 6.07 Å². The fraction of sp³-hybridized carbons (Fsp3) is 0.417. The second-order valence-electron chi connectivity index (χ2n) is 4.80. The van der Waals surface area contributed by atoms with Crippen molar-refractivity contribution in [3.05, 3.63) is 28.5 Å². The fourth-order valence-electron chi connectivity index (χ4n) is 2.46. The van der Waals surface area contributed by atoms with E-state index in [4.69, 9.17) is 0 Å². The van der Waals surface area contributed by atoms with Gasteiger partial charge in [0.1, 0.15) is 5.54 Å². The molecular weight excluding hydrogens is 312 g/mol. The Kier molecular flexibility index (Phi) is 3.02. The van der Waals surface area contributed by atoms with Gasteiger partial charge in [-0.05, 0) is 41.0 Å². The van der Waals surface area contributed by atoms with Crippen LogP contribution < -0.4 is 10.6 Å². The van der Waals surface area contributed by atoms with E-state index in [0.717, 1.165) is 11.0 Å². The number of hydrogen-bond acceptors (Lipinski definition) is 4. The normalized spacial score (nSPS) is 26.3. The highest BCUT2D eigenvalue weighted by Crippen LogP contribution is 2.25. The average Bonchev–Trinajstić information content (AvgIpc) is 2.94. The zero-order valence-corrected chi connectivity index (χ0v) is 11.7. The predicted molar refractivity (Wildman–Crippen MR) is 71.2 cm³/mol. The number of nitrogens with one attached hydrogen (secondary N) is 2. The summed E-state index contributed by atoms with van der Waals surface area (Å²) in [6.07, 6.45) is 2.29. The maximum atomic E-state index is 12.4. The summed E-state index contributed by atoms with van der Waals surface area (Å²) in [6, 6.07) is 3.30. The Bertz CT molecular complexity index is 525. The largest absolute Gasteiger partial charge is 0.325 e. The lowest BCUT2D eigenvalue weighted by molar-refractivity contribution is -0.131. The quantitative estimate of drug-likeness (QED) is 0.782. The molecule has 1 spiro atoms. The third-order valence-corrected chi connectivity index (χ3v) is 3.98. The molecule has 3 rings (SSSR count). The number of hydrogen-bond donors (Lipinski definition) is 2. The minimum absolute atomic E-state index is 0.160. The molecule has 2 aliphatic rings. The molecule has 3 heterocycles. The lowest BCUT2D eigenvalue weighted by Crippen LogP contribution is -2.48. The molecule has 19 heavy (non-hydrogen) atoms. The monoisotopic (exact) mass is 324 g/mol. The maximum absolute atomic E-state index is 12.4. The molecule has 0 saturated carbocycles. The van der Waals surface area contributed by atoms with Crippen molar-refractivity contribution in [2.45, 2.75) is 18.5 Å². The highest BCUT2D eigenvalue weighted by molar-refractivity contribution is 9.10. The van der Waals surface area contributed by atoms with Crippen LogP contribution in [-0.2, 0) is 11.3 Å². The first-order chi connectivity index (χ1) is 9.11. The van der Waals surface area contributed by atoms with Crippen LogP contribution in [0.15, 0.2) is 22.8 Å². The summed E-state index contributed by atoms with van der Waals surface area (Å²) in [7, 11) is 0. The van der Waals surface area contributed by atoms with Crippen LogP contribution in [0.5, 0.6) is 0 Å². The summed E-state index contributed by atoms with van der Waals surface area (Å²) < 4.78 is 0.866. The smallest absolute Gasteiger partial charge is 0.322 e. The van der Waals surface area contributed by atoms with Gasteiger partial charge in [0.15, 0.2) is 0 Å². The van der Waals surface area contributed by atoms with Gasteiger partial charge in [0, 0.05) is 17.2 Å². The molecule has 2 aliphatic heterocycles. The van der Waals surface area contributed by atoms with Gasteiger partial charge in [0.05, 0.1) is 12.2 Å². The van der Waals surface area contributed by atoms with Gasteiger partial charge in [-0.2, -0.15) is 0 Å². The van der Waals surface area contributed by atoms with Gasteiger partial charge in [-0.15, -0.1) is 0 Å². The first kappa shape index (κ1) is 12.6. The molecule has 2 fully saturated rings. The summed E-state index contributed by atoms with van der Waals surface area (Å²) in [5.74, 6) is -0.160. The Labute approximate surface area is 118 Å². The lowest BCUT2D eigenvalue weighted by Gasteiger charge is -2.19. The van der Waals surface area contributed by atoms with Crippen LogP contribution in [0.4, 0.5) is 4.79 Å². The Balaban J connectivity index is 1.79. The van der Waals surface area contributed by atoms with Gasteiger partial charge < -0.3 is 10.6 Å². The molecule has 0 aromatic carbocycles. The van der Waals surface area contributed by atoms with Crippen molar-refractivity contribution in [2.75, 3.05) is 13.1 Å². The van der Waals surface area contributed by atoms with E-state index in [0.29, 0.717) is 18.7 Å². The second-order valence-corrected chi connectivity index (χ2v) is 5.71. The molecule has 7 heteroatoms. The Morgan fingerprint density at radius 3 is 2.89 bits per heavy atom. The van der Waals surface area contributed by atoms with E-state index in [9.17, 15) is 9.59 Å². The first-order valence-electron chi connectivity index (χ1n) is 6.06. The Morgan fingerprint density at radius 1 is 1.42 bits per heavy atom. The third kappa shape index (κ3) is 2.12. The summed E-state index contributed by atoms with van der Waals surface area (Å²) >= 11 is 3.30. The minimum atomic E-state index is -0.744. The van der Waals surface area contributed by atoms with Crippen molar-refractivity contribution in [3.63, 3.8) is 0 Å². The van der Waals surface area contributed by atoms with Gasteiger partial charge in [-0.3, -0.25) is 14.7 Å². The van der Waals surface area contributed by atoms with E-state index >= 15 is 0 Å².